The van der Waals surface area contributed by atoms with Crippen molar-refractivity contribution in [3.8, 4) is 67.5 Å². The number of benzene rings is 7. The zero-order valence-corrected chi connectivity index (χ0v) is 25.4. The smallest absolute Gasteiger partial charge is 0.260 e. The molecule has 0 saturated heterocycles. The fraction of sp³-hybridized carbons (Fsp3) is 0.0233. The summed E-state index contributed by atoms with van der Waals surface area (Å²) in [5.74, 6) is 3.51. The van der Waals surface area contributed by atoms with E-state index in [1.807, 2.05) is 0 Å². The van der Waals surface area contributed by atoms with Crippen LogP contribution in [0.4, 0.5) is 0 Å². The Balaban J connectivity index is 1.29. The van der Waals surface area contributed by atoms with E-state index in [4.69, 9.17) is 9.47 Å². The van der Waals surface area contributed by atoms with Gasteiger partial charge in [-0.3, -0.25) is 0 Å². The first-order valence-electron chi connectivity index (χ1n) is 15.8. The highest BCUT2D eigenvalue weighted by Gasteiger charge is 2.42. The minimum atomic E-state index is -0.00825. The van der Waals surface area contributed by atoms with Crippen LogP contribution in [0.3, 0.4) is 0 Å². The van der Waals surface area contributed by atoms with Crippen molar-refractivity contribution in [3.05, 3.63) is 163 Å². The SMILES string of the molecule is Cc1cc(-c2ccccc2)ccc1-c1cc(-c2ccc(-c3ccccc3)cc2)c2c3c1Oc1ccccc1B3c1ccccc1O2. The predicted molar refractivity (Wildman–Crippen MR) is 191 cm³/mol. The summed E-state index contributed by atoms with van der Waals surface area (Å²) < 4.78 is 13.7. The lowest BCUT2D eigenvalue weighted by atomic mass is 9.34. The normalized spacial score (nSPS) is 12.3. The van der Waals surface area contributed by atoms with Crippen molar-refractivity contribution in [2.24, 2.45) is 0 Å². The molecule has 216 valence electrons. The zero-order chi connectivity index (χ0) is 30.6. The third kappa shape index (κ3) is 4.28. The van der Waals surface area contributed by atoms with Gasteiger partial charge in [0.1, 0.15) is 23.0 Å². The Morgan fingerprint density at radius 3 is 1.48 bits per heavy atom. The molecule has 7 aromatic rings. The molecule has 0 spiro atoms. The van der Waals surface area contributed by atoms with E-state index in [1.54, 1.807) is 0 Å². The summed E-state index contributed by atoms with van der Waals surface area (Å²) in [5, 5.41) is 0. The highest BCUT2D eigenvalue weighted by molar-refractivity contribution is 6.98. The van der Waals surface area contributed by atoms with Gasteiger partial charge in [0.15, 0.2) is 0 Å². The summed E-state index contributed by atoms with van der Waals surface area (Å²) in [6.45, 7) is 2.19. The second-order valence-corrected chi connectivity index (χ2v) is 12.1. The second kappa shape index (κ2) is 10.7. The number of fused-ring (bicyclic) bond motifs is 4. The van der Waals surface area contributed by atoms with E-state index in [9.17, 15) is 0 Å². The first kappa shape index (κ1) is 26.6. The number of aryl methyl sites for hydroxylation is 1. The van der Waals surface area contributed by atoms with E-state index in [-0.39, 0.29) is 6.71 Å². The molecule has 9 rings (SSSR count). The molecular formula is C43H29BO2. The van der Waals surface area contributed by atoms with Crippen molar-refractivity contribution >= 4 is 23.1 Å². The predicted octanol–water partition coefficient (Wildman–Crippen LogP) is 9.39. The van der Waals surface area contributed by atoms with Crippen LogP contribution < -0.4 is 25.9 Å². The van der Waals surface area contributed by atoms with Gasteiger partial charge in [-0.15, -0.1) is 0 Å². The van der Waals surface area contributed by atoms with Gasteiger partial charge in [-0.05, 0) is 75.0 Å². The maximum Gasteiger partial charge on any atom is 0.260 e. The molecule has 2 nitrogen and oxygen atoms in total. The quantitative estimate of drug-likeness (QED) is 0.191. The lowest BCUT2D eigenvalue weighted by Crippen LogP contribution is -2.57. The second-order valence-electron chi connectivity index (χ2n) is 12.1. The number of ether oxygens (including phenoxy) is 2. The highest BCUT2D eigenvalue weighted by Crippen LogP contribution is 2.47. The molecule has 0 amide bonds. The Morgan fingerprint density at radius 2 is 0.870 bits per heavy atom. The summed E-state index contributed by atoms with van der Waals surface area (Å²) in [6.07, 6.45) is 0. The van der Waals surface area contributed by atoms with Crippen molar-refractivity contribution in [2.45, 2.75) is 6.92 Å². The van der Waals surface area contributed by atoms with Crippen LogP contribution >= 0.6 is 0 Å². The highest BCUT2D eigenvalue weighted by atomic mass is 16.5. The van der Waals surface area contributed by atoms with Gasteiger partial charge in [0.25, 0.3) is 6.71 Å². The van der Waals surface area contributed by atoms with Crippen LogP contribution in [0.15, 0.2) is 158 Å². The van der Waals surface area contributed by atoms with Crippen LogP contribution in [0, 0.1) is 6.92 Å². The van der Waals surface area contributed by atoms with Gasteiger partial charge in [-0.1, -0.05) is 140 Å². The largest absolute Gasteiger partial charge is 0.458 e. The Morgan fingerprint density at radius 1 is 0.391 bits per heavy atom. The monoisotopic (exact) mass is 588 g/mol. The number of rotatable bonds is 4. The van der Waals surface area contributed by atoms with Crippen LogP contribution in [0.25, 0.3) is 44.5 Å². The van der Waals surface area contributed by atoms with Crippen molar-refractivity contribution in [2.75, 3.05) is 0 Å². The fourth-order valence-electron chi connectivity index (χ4n) is 7.14. The van der Waals surface area contributed by atoms with Gasteiger partial charge in [0, 0.05) is 16.6 Å². The molecule has 7 aromatic carbocycles. The summed E-state index contributed by atoms with van der Waals surface area (Å²) in [5.41, 5.74) is 13.8. The first-order chi connectivity index (χ1) is 22.7. The molecular weight excluding hydrogens is 559 g/mol. The lowest BCUT2D eigenvalue weighted by molar-refractivity contribution is 0.467. The number of para-hydroxylation sites is 2. The molecule has 2 aliphatic rings. The molecule has 0 radical (unpaired) electrons. The van der Waals surface area contributed by atoms with Crippen LogP contribution in [-0.2, 0) is 0 Å². The molecule has 2 aliphatic heterocycles. The average molecular weight is 589 g/mol. The standard InChI is InChI=1S/C43H29BO2/c1-28-26-33(30-14-6-3-7-15-30)24-25-34(28)36-27-35(32-22-20-31(21-23-32)29-12-4-2-5-13-29)42-41-43(36)46-40-19-11-9-17-38(40)44(41)37-16-8-10-18-39(37)45-42/h2-27H,1H3. The molecule has 0 bridgehead atoms. The summed E-state index contributed by atoms with van der Waals surface area (Å²) in [7, 11) is 0. The minimum absolute atomic E-state index is 0.00825. The van der Waals surface area contributed by atoms with Crippen molar-refractivity contribution in [3.63, 3.8) is 0 Å². The van der Waals surface area contributed by atoms with Crippen LogP contribution in [0.5, 0.6) is 23.0 Å². The first-order valence-corrected chi connectivity index (χ1v) is 15.8. The molecule has 0 saturated carbocycles. The third-order valence-electron chi connectivity index (χ3n) is 9.37. The van der Waals surface area contributed by atoms with Gasteiger partial charge in [0.05, 0.1) is 0 Å². The van der Waals surface area contributed by atoms with E-state index >= 15 is 0 Å². The molecule has 46 heavy (non-hydrogen) atoms. The van der Waals surface area contributed by atoms with Crippen molar-refractivity contribution in [1.29, 1.82) is 0 Å². The Kier molecular flexibility index (Phi) is 6.17. The van der Waals surface area contributed by atoms with Crippen LogP contribution in [0.1, 0.15) is 5.56 Å². The lowest BCUT2D eigenvalue weighted by Gasteiger charge is -2.35. The van der Waals surface area contributed by atoms with E-state index < -0.39 is 0 Å². The Labute approximate surface area is 269 Å². The molecule has 0 atom stereocenters. The number of hydrogen-bond acceptors (Lipinski definition) is 2. The molecule has 0 unspecified atom stereocenters. The van der Waals surface area contributed by atoms with E-state index in [0.717, 1.165) is 61.6 Å². The van der Waals surface area contributed by atoms with Gasteiger partial charge < -0.3 is 9.47 Å². The molecule has 0 N–H and O–H groups in total. The van der Waals surface area contributed by atoms with Gasteiger partial charge in [-0.25, -0.2) is 0 Å². The average Bonchev–Trinajstić information content (AvgIpc) is 3.12. The third-order valence-corrected chi connectivity index (χ3v) is 9.37. The van der Waals surface area contributed by atoms with E-state index in [2.05, 4.69) is 165 Å². The maximum atomic E-state index is 6.88. The summed E-state index contributed by atoms with van der Waals surface area (Å²) in [6, 6.07) is 55.8. The van der Waals surface area contributed by atoms with Crippen LogP contribution in [0.2, 0.25) is 0 Å². The number of hydrogen-bond donors (Lipinski definition) is 0. The Bertz CT molecular complexity index is 2250. The molecule has 0 fully saturated rings. The van der Waals surface area contributed by atoms with Crippen LogP contribution in [-0.4, -0.2) is 6.71 Å². The minimum Gasteiger partial charge on any atom is -0.458 e. The molecule has 0 aliphatic carbocycles. The summed E-state index contributed by atoms with van der Waals surface area (Å²) in [4.78, 5) is 0. The van der Waals surface area contributed by atoms with E-state index in [0.29, 0.717) is 0 Å². The maximum absolute atomic E-state index is 6.88. The summed E-state index contributed by atoms with van der Waals surface area (Å²) >= 11 is 0. The van der Waals surface area contributed by atoms with Gasteiger partial charge in [-0.2, -0.15) is 0 Å². The Hall–Kier alpha value is -5.80. The zero-order valence-electron chi connectivity index (χ0n) is 25.4. The molecule has 2 heterocycles. The van der Waals surface area contributed by atoms with E-state index in [1.165, 1.54) is 27.8 Å². The topological polar surface area (TPSA) is 18.5 Å². The fourth-order valence-corrected chi connectivity index (χ4v) is 7.14. The van der Waals surface area contributed by atoms with Gasteiger partial charge in [0.2, 0.25) is 0 Å². The van der Waals surface area contributed by atoms with Crippen molar-refractivity contribution < 1.29 is 9.47 Å². The van der Waals surface area contributed by atoms with Crippen molar-refractivity contribution in [1.82, 2.24) is 0 Å². The van der Waals surface area contributed by atoms with Gasteiger partial charge >= 0.3 is 0 Å². The molecule has 0 aromatic heterocycles. The molecule has 3 heteroatoms.